The second kappa shape index (κ2) is 6.88. The number of hydrogen-bond donors (Lipinski definition) is 2. The molecule has 0 fully saturated rings. The van der Waals surface area contributed by atoms with Crippen molar-refractivity contribution in [2.24, 2.45) is 0 Å². The largest absolute Gasteiger partial charge is 0.399 e. The quantitative estimate of drug-likeness (QED) is 0.785. The summed E-state index contributed by atoms with van der Waals surface area (Å²) < 4.78 is 1.97. The van der Waals surface area contributed by atoms with Crippen molar-refractivity contribution in [2.45, 2.75) is 32.7 Å². The molecule has 1 aromatic heterocycles. The number of hydrogen-bond acceptors (Lipinski definition) is 4. The molecule has 0 atom stereocenters. The molecular weight excluding hydrogens is 266 g/mol. The van der Waals surface area contributed by atoms with Gasteiger partial charge in [-0.15, -0.1) is 10.2 Å². The van der Waals surface area contributed by atoms with E-state index >= 15 is 0 Å². The van der Waals surface area contributed by atoms with Gasteiger partial charge in [-0.05, 0) is 17.7 Å². The smallest absolute Gasteiger partial charge is 0.224 e. The zero-order valence-electron chi connectivity index (χ0n) is 12.4. The lowest BCUT2D eigenvalue weighted by Gasteiger charge is -2.10. The van der Waals surface area contributed by atoms with Crippen LogP contribution in [0, 0.1) is 0 Å². The Morgan fingerprint density at radius 1 is 1.33 bits per heavy atom. The van der Waals surface area contributed by atoms with Crippen molar-refractivity contribution >= 4 is 11.6 Å². The topological polar surface area (TPSA) is 85.8 Å². The van der Waals surface area contributed by atoms with Crippen molar-refractivity contribution in [3.63, 3.8) is 0 Å². The van der Waals surface area contributed by atoms with Gasteiger partial charge in [-0.3, -0.25) is 4.79 Å². The van der Waals surface area contributed by atoms with E-state index < -0.39 is 0 Å². The summed E-state index contributed by atoms with van der Waals surface area (Å²) in [4.78, 5) is 11.9. The molecule has 0 saturated heterocycles. The molecule has 0 aliphatic rings. The Balaban J connectivity index is 1.79. The van der Waals surface area contributed by atoms with Crippen LogP contribution in [0.25, 0.3) is 0 Å². The number of nitrogens with one attached hydrogen (secondary N) is 1. The van der Waals surface area contributed by atoms with E-state index in [1.54, 1.807) is 18.5 Å². The van der Waals surface area contributed by atoms with E-state index in [-0.39, 0.29) is 5.91 Å². The van der Waals surface area contributed by atoms with Crippen molar-refractivity contribution in [1.82, 2.24) is 20.1 Å². The second-order valence-electron chi connectivity index (χ2n) is 5.31. The van der Waals surface area contributed by atoms with Gasteiger partial charge in [0.25, 0.3) is 0 Å². The number of aromatic nitrogens is 3. The Morgan fingerprint density at radius 2 is 2.05 bits per heavy atom. The summed E-state index contributed by atoms with van der Waals surface area (Å²) in [5.74, 6) is 1.25. The van der Waals surface area contributed by atoms with Crippen LogP contribution in [0.5, 0.6) is 0 Å². The molecule has 3 N–H and O–H groups in total. The Labute approximate surface area is 124 Å². The molecule has 1 aromatic carbocycles. The van der Waals surface area contributed by atoms with Crippen LogP contribution in [0.1, 0.15) is 31.2 Å². The van der Waals surface area contributed by atoms with Crippen LogP contribution >= 0.6 is 0 Å². The number of carbonyl (C=O) groups is 1. The number of nitrogens with zero attached hydrogens (tertiary/aromatic N) is 3. The zero-order valence-corrected chi connectivity index (χ0v) is 12.4. The second-order valence-corrected chi connectivity index (χ2v) is 5.31. The zero-order chi connectivity index (χ0) is 15.2. The Kier molecular flexibility index (Phi) is 4.92. The molecule has 0 unspecified atom stereocenters. The van der Waals surface area contributed by atoms with E-state index in [1.807, 2.05) is 16.7 Å². The molecular formula is C15H21N5O. The predicted octanol–water partition coefficient (Wildman–Crippen LogP) is 1.34. The normalized spacial score (nSPS) is 10.8. The molecule has 0 bridgehead atoms. The first-order chi connectivity index (χ1) is 10.1. The van der Waals surface area contributed by atoms with Crippen molar-refractivity contribution in [3.05, 3.63) is 42.0 Å². The van der Waals surface area contributed by atoms with Crippen molar-refractivity contribution in [1.29, 1.82) is 0 Å². The van der Waals surface area contributed by atoms with Gasteiger partial charge in [-0.1, -0.05) is 26.0 Å². The number of nitrogen functional groups attached to an aromatic ring is 1. The Morgan fingerprint density at radius 3 is 2.71 bits per heavy atom. The number of benzene rings is 1. The number of rotatable bonds is 6. The molecule has 1 heterocycles. The van der Waals surface area contributed by atoms with Gasteiger partial charge in [0.2, 0.25) is 5.91 Å². The molecule has 112 valence electrons. The SMILES string of the molecule is CC(C)c1nncn1CCNC(=O)Cc1ccc(N)cc1. The van der Waals surface area contributed by atoms with Crippen molar-refractivity contribution in [2.75, 3.05) is 12.3 Å². The lowest BCUT2D eigenvalue weighted by atomic mass is 10.1. The molecule has 2 rings (SSSR count). The monoisotopic (exact) mass is 287 g/mol. The lowest BCUT2D eigenvalue weighted by molar-refractivity contribution is -0.120. The van der Waals surface area contributed by atoms with E-state index in [2.05, 4.69) is 29.4 Å². The van der Waals surface area contributed by atoms with Gasteiger partial charge in [0, 0.05) is 24.7 Å². The van der Waals surface area contributed by atoms with Crippen LogP contribution < -0.4 is 11.1 Å². The van der Waals surface area contributed by atoms with Crippen LogP contribution in [0.4, 0.5) is 5.69 Å². The lowest BCUT2D eigenvalue weighted by Crippen LogP contribution is -2.29. The maximum atomic E-state index is 11.9. The van der Waals surface area contributed by atoms with Crippen LogP contribution in [0.15, 0.2) is 30.6 Å². The maximum absolute atomic E-state index is 11.9. The molecule has 0 spiro atoms. The minimum absolute atomic E-state index is 0.000979. The van der Waals surface area contributed by atoms with Gasteiger partial charge in [0.1, 0.15) is 12.2 Å². The van der Waals surface area contributed by atoms with Crippen LogP contribution in [-0.4, -0.2) is 27.2 Å². The average Bonchev–Trinajstić information content (AvgIpc) is 2.90. The molecule has 0 radical (unpaired) electrons. The summed E-state index contributed by atoms with van der Waals surface area (Å²) in [5.41, 5.74) is 7.27. The van der Waals surface area contributed by atoms with Gasteiger partial charge in [-0.25, -0.2) is 0 Å². The van der Waals surface area contributed by atoms with Gasteiger partial charge in [0.05, 0.1) is 6.42 Å². The molecule has 6 nitrogen and oxygen atoms in total. The Hall–Kier alpha value is -2.37. The van der Waals surface area contributed by atoms with E-state index in [1.165, 1.54) is 0 Å². The minimum atomic E-state index is -0.000979. The van der Waals surface area contributed by atoms with Crippen molar-refractivity contribution in [3.8, 4) is 0 Å². The number of carbonyl (C=O) groups excluding carboxylic acids is 1. The molecule has 21 heavy (non-hydrogen) atoms. The van der Waals surface area contributed by atoms with Gasteiger partial charge in [-0.2, -0.15) is 0 Å². The highest BCUT2D eigenvalue weighted by Crippen LogP contribution is 2.09. The first-order valence-electron chi connectivity index (χ1n) is 7.05. The van der Waals surface area contributed by atoms with E-state index in [4.69, 9.17) is 5.73 Å². The highest BCUT2D eigenvalue weighted by Gasteiger charge is 2.08. The fourth-order valence-corrected chi connectivity index (χ4v) is 2.08. The molecule has 2 aromatic rings. The summed E-state index contributed by atoms with van der Waals surface area (Å²) >= 11 is 0. The highest BCUT2D eigenvalue weighted by molar-refractivity contribution is 5.78. The standard InChI is InChI=1S/C15H21N5O/c1-11(2)15-19-18-10-20(15)8-7-17-14(21)9-12-3-5-13(16)6-4-12/h3-6,10-11H,7-9,16H2,1-2H3,(H,17,21). The fourth-order valence-electron chi connectivity index (χ4n) is 2.08. The van der Waals surface area contributed by atoms with Crippen molar-refractivity contribution < 1.29 is 4.79 Å². The summed E-state index contributed by atoms with van der Waals surface area (Å²) in [5, 5.41) is 10.9. The van der Waals surface area contributed by atoms with E-state index in [0.717, 1.165) is 11.4 Å². The van der Waals surface area contributed by atoms with E-state index in [9.17, 15) is 4.79 Å². The summed E-state index contributed by atoms with van der Waals surface area (Å²) in [6, 6.07) is 7.33. The third-order valence-corrected chi connectivity index (χ3v) is 3.18. The number of amides is 1. The Bertz CT molecular complexity index is 588. The fraction of sp³-hybridized carbons (Fsp3) is 0.400. The van der Waals surface area contributed by atoms with Crippen LogP contribution in [-0.2, 0) is 17.8 Å². The first kappa shape index (κ1) is 15.0. The van der Waals surface area contributed by atoms with Gasteiger partial charge < -0.3 is 15.6 Å². The predicted molar refractivity (Wildman–Crippen MR) is 81.7 cm³/mol. The van der Waals surface area contributed by atoms with Crippen LogP contribution in [0.3, 0.4) is 0 Å². The van der Waals surface area contributed by atoms with Crippen LogP contribution in [0.2, 0.25) is 0 Å². The molecule has 0 aliphatic carbocycles. The third kappa shape index (κ3) is 4.30. The molecule has 6 heteroatoms. The number of anilines is 1. The van der Waals surface area contributed by atoms with Gasteiger partial charge >= 0.3 is 0 Å². The number of nitrogens with two attached hydrogens (primary N) is 1. The minimum Gasteiger partial charge on any atom is -0.399 e. The summed E-state index contributed by atoms with van der Waals surface area (Å²) in [6.45, 7) is 5.37. The molecule has 1 amide bonds. The maximum Gasteiger partial charge on any atom is 0.224 e. The molecule has 0 aliphatic heterocycles. The van der Waals surface area contributed by atoms with E-state index in [0.29, 0.717) is 31.1 Å². The molecule has 0 saturated carbocycles. The summed E-state index contributed by atoms with van der Waals surface area (Å²) in [6.07, 6.45) is 2.06. The summed E-state index contributed by atoms with van der Waals surface area (Å²) in [7, 11) is 0. The average molecular weight is 287 g/mol. The highest BCUT2D eigenvalue weighted by atomic mass is 16.1. The third-order valence-electron chi connectivity index (χ3n) is 3.18. The first-order valence-corrected chi connectivity index (χ1v) is 7.05. The van der Waals surface area contributed by atoms with Gasteiger partial charge in [0.15, 0.2) is 0 Å².